The molecule has 0 spiro atoms. The Hall–Kier alpha value is -1.55. The molecule has 2 aromatic rings. The minimum absolute atomic E-state index is 0.489. The van der Waals surface area contributed by atoms with Crippen molar-refractivity contribution in [3.8, 4) is 11.5 Å². The summed E-state index contributed by atoms with van der Waals surface area (Å²) < 4.78 is 0. The van der Waals surface area contributed by atoms with Gasteiger partial charge in [-0.1, -0.05) is 24.4 Å². The summed E-state index contributed by atoms with van der Waals surface area (Å²) in [5, 5.41) is 0.489. The van der Waals surface area contributed by atoms with Gasteiger partial charge in [-0.25, -0.2) is 19.9 Å². The Kier molecular flexibility index (Phi) is 3.42. The van der Waals surface area contributed by atoms with Crippen molar-refractivity contribution in [3.63, 3.8) is 0 Å². The van der Waals surface area contributed by atoms with Crippen molar-refractivity contribution in [1.82, 2.24) is 19.9 Å². The van der Waals surface area contributed by atoms with Gasteiger partial charge in [0, 0.05) is 17.8 Å². The summed E-state index contributed by atoms with van der Waals surface area (Å²) in [5.41, 5.74) is 1.78. The average molecular weight is 275 g/mol. The predicted octanol–water partition coefficient (Wildman–Crippen LogP) is 3.55. The monoisotopic (exact) mass is 274 g/mol. The van der Waals surface area contributed by atoms with Gasteiger partial charge in [0.15, 0.2) is 5.82 Å². The molecule has 1 saturated carbocycles. The van der Waals surface area contributed by atoms with Gasteiger partial charge in [0.1, 0.15) is 16.7 Å². The highest BCUT2D eigenvalue weighted by atomic mass is 35.5. The van der Waals surface area contributed by atoms with E-state index in [4.69, 9.17) is 11.6 Å². The van der Waals surface area contributed by atoms with E-state index in [1.807, 2.05) is 19.1 Å². The summed E-state index contributed by atoms with van der Waals surface area (Å²) in [5.74, 6) is 1.82. The average Bonchev–Trinajstić information content (AvgIpc) is 2.92. The Labute approximate surface area is 117 Å². The lowest BCUT2D eigenvalue weighted by atomic mass is 10.0. The Morgan fingerprint density at radius 3 is 2.68 bits per heavy atom. The van der Waals surface area contributed by atoms with E-state index in [-0.39, 0.29) is 0 Å². The topological polar surface area (TPSA) is 51.6 Å². The minimum atomic E-state index is 0.489. The number of hydrogen-bond donors (Lipinski definition) is 0. The maximum absolute atomic E-state index is 6.12. The molecule has 0 saturated heterocycles. The fourth-order valence-electron chi connectivity index (χ4n) is 2.56. The standard InChI is InChI=1S/C14H15ClN4/c1-9-16-7-6-11(17-9)14-18-12(8-13(15)19-14)10-4-2-3-5-10/h6-8,10H,2-5H2,1H3. The molecule has 0 radical (unpaired) electrons. The van der Waals surface area contributed by atoms with Crippen LogP contribution in [0.15, 0.2) is 18.3 Å². The van der Waals surface area contributed by atoms with Gasteiger partial charge in [0.25, 0.3) is 0 Å². The maximum Gasteiger partial charge on any atom is 0.179 e. The van der Waals surface area contributed by atoms with E-state index < -0.39 is 0 Å². The lowest BCUT2D eigenvalue weighted by molar-refractivity contribution is 0.695. The summed E-state index contributed by atoms with van der Waals surface area (Å²) in [6, 6.07) is 3.70. The van der Waals surface area contributed by atoms with Crippen LogP contribution < -0.4 is 0 Å². The molecule has 19 heavy (non-hydrogen) atoms. The van der Waals surface area contributed by atoms with Crippen LogP contribution in [0.2, 0.25) is 5.15 Å². The molecule has 0 atom stereocenters. The van der Waals surface area contributed by atoms with Crippen LogP contribution in [0.1, 0.15) is 43.1 Å². The van der Waals surface area contributed by atoms with Crippen LogP contribution >= 0.6 is 11.6 Å². The fourth-order valence-corrected chi connectivity index (χ4v) is 2.75. The zero-order valence-electron chi connectivity index (χ0n) is 10.8. The first-order valence-corrected chi connectivity index (χ1v) is 6.94. The van der Waals surface area contributed by atoms with Gasteiger partial charge in [-0.3, -0.25) is 0 Å². The van der Waals surface area contributed by atoms with Crippen molar-refractivity contribution in [2.45, 2.75) is 38.5 Å². The first kappa shape index (κ1) is 12.5. The van der Waals surface area contributed by atoms with Gasteiger partial charge < -0.3 is 0 Å². The zero-order chi connectivity index (χ0) is 13.2. The predicted molar refractivity (Wildman–Crippen MR) is 74.0 cm³/mol. The third-order valence-electron chi connectivity index (χ3n) is 3.49. The smallest absolute Gasteiger partial charge is 0.179 e. The highest BCUT2D eigenvalue weighted by Gasteiger charge is 2.20. The Balaban J connectivity index is 2.01. The van der Waals surface area contributed by atoms with Gasteiger partial charge >= 0.3 is 0 Å². The lowest BCUT2D eigenvalue weighted by Gasteiger charge is -2.10. The molecule has 0 aromatic carbocycles. The van der Waals surface area contributed by atoms with Crippen molar-refractivity contribution < 1.29 is 0 Å². The lowest BCUT2D eigenvalue weighted by Crippen LogP contribution is -2.02. The molecule has 0 N–H and O–H groups in total. The molecule has 1 fully saturated rings. The number of nitrogens with zero attached hydrogens (tertiary/aromatic N) is 4. The Morgan fingerprint density at radius 2 is 1.95 bits per heavy atom. The molecule has 1 aliphatic carbocycles. The number of halogens is 1. The van der Waals surface area contributed by atoms with E-state index in [2.05, 4.69) is 19.9 Å². The number of rotatable bonds is 2. The second-order valence-corrected chi connectivity index (χ2v) is 5.30. The molecule has 3 rings (SSSR count). The highest BCUT2D eigenvalue weighted by Crippen LogP contribution is 2.34. The molecule has 0 amide bonds. The van der Waals surface area contributed by atoms with Gasteiger partial charge in [-0.05, 0) is 31.9 Å². The van der Waals surface area contributed by atoms with E-state index in [1.165, 1.54) is 25.7 Å². The van der Waals surface area contributed by atoms with Crippen LogP contribution in [0.4, 0.5) is 0 Å². The molecule has 98 valence electrons. The largest absolute Gasteiger partial charge is 0.242 e. The number of aromatic nitrogens is 4. The molecule has 2 heterocycles. The quantitative estimate of drug-likeness (QED) is 0.786. The van der Waals surface area contributed by atoms with E-state index in [1.54, 1.807) is 6.20 Å². The summed E-state index contributed by atoms with van der Waals surface area (Å²) >= 11 is 6.12. The molecule has 2 aromatic heterocycles. The van der Waals surface area contributed by atoms with Gasteiger partial charge in [-0.2, -0.15) is 0 Å². The highest BCUT2D eigenvalue weighted by molar-refractivity contribution is 6.29. The SMILES string of the molecule is Cc1nccc(-c2nc(Cl)cc(C3CCCC3)n2)n1. The van der Waals surface area contributed by atoms with Crippen molar-refractivity contribution in [3.05, 3.63) is 35.0 Å². The van der Waals surface area contributed by atoms with Crippen LogP contribution in [0.3, 0.4) is 0 Å². The van der Waals surface area contributed by atoms with Crippen LogP contribution in [-0.4, -0.2) is 19.9 Å². The van der Waals surface area contributed by atoms with Crippen LogP contribution in [0.5, 0.6) is 0 Å². The normalized spacial score (nSPS) is 15.9. The second kappa shape index (κ2) is 5.21. The number of hydrogen-bond acceptors (Lipinski definition) is 4. The van der Waals surface area contributed by atoms with Crippen LogP contribution in [-0.2, 0) is 0 Å². The first-order valence-electron chi connectivity index (χ1n) is 6.57. The molecule has 4 nitrogen and oxygen atoms in total. The van der Waals surface area contributed by atoms with Gasteiger partial charge in [0.05, 0.1) is 0 Å². The first-order chi connectivity index (χ1) is 9.22. The maximum atomic E-state index is 6.12. The third kappa shape index (κ3) is 2.73. The van der Waals surface area contributed by atoms with Gasteiger partial charge in [-0.15, -0.1) is 0 Å². The van der Waals surface area contributed by atoms with E-state index in [0.717, 1.165) is 11.4 Å². The molecular weight excluding hydrogens is 260 g/mol. The van der Waals surface area contributed by atoms with E-state index in [0.29, 0.717) is 22.7 Å². The van der Waals surface area contributed by atoms with Crippen molar-refractivity contribution >= 4 is 11.6 Å². The molecule has 0 aliphatic heterocycles. The Bertz CT molecular complexity index is 594. The Morgan fingerprint density at radius 1 is 1.16 bits per heavy atom. The minimum Gasteiger partial charge on any atom is -0.242 e. The number of aryl methyl sites for hydroxylation is 1. The molecule has 0 bridgehead atoms. The summed E-state index contributed by atoms with van der Waals surface area (Å²) in [4.78, 5) is 17.4. The third-order valence-corrected chi connectivity index (χ3v) is 3.69. The second-order valence-electron chi connectivity index (χ2n) is 4.91. The van der Waals surface area contributed by atoms with Crippen molar-refractivity contribution in [2.24, 2.45) is 0 Å². The summed E-state index contributed by atoms with van der Waals surface area (Å²) in [6.07, 6.45) is 6.64. The molecule has 1 aliphatic rings. The summed E-state index contributed by atoms with van der Waals surface area (Å²) in [7, 11) is 0. The molecule has 5 heteroatoms. The van der Waals surface area contributed by atoms with E-state index in [9.17, 15) is 0 Å². The van der Waals surface area contributed by atoms with E-state index >= 15 is 0 Å². The molecule has 0 unspecified atom stereocenters. The van der Waals surface area contributed by atoms with Crippen molar-refractivity contribution in [1.29, 1.82) is 0 Å². The summed E-state index contributed by atoms with van der Waals surface area (Å²) in [6.45, 7) is 1.85. The fraction of sp³-hybridized carbons (Fsp3) is 0.429. The zero-order valence-corrected chi connectivity index (χ0v) is 11.6. The van der Waals surface area contributed by atoms with Crippen LogP contribution in [0.25, 0.3) is 11.5 Å². The van der Waals surface area contributed by atoms with Gasteiger partial charge in [0.2, 0.25) is 0 Å². The van der Waals surface area contributed by atoms with Crippen molar-refractivity contribution in [2.75, 3.05) is 0 Å². The molecular formula is C14H15ClN4. The van der Waals surface area contributed by atoms with Crippen LogP contribution in [0, 0.1) is 6.92 Å².